The van der Waals surface area contributed by atoms with Crippen molar-refractivity contribution in [3.63, 3.8) is 0 Å². The highest BCUT2D eigenvalue weighted by molar-refractivity contribution is 5.91. The lowest BCUT2D eigenvalue weighted by Gasteiger charge is -2.31. The standard InChI is InChI=1S/C28H33F5N4O4/c1-18-2-3-21(35-26(38)37-7-4-20(17-37)27(29,30)28(31,32)33)15-23(18)19-14-24(36-8-12-40-13-9-36)25(34-16-19)41-22-5-10-39-11-6-22/h2-3,14-16,20,22H,4-13,17H2,1H3,(H,35,38). The van der Waals surface area contributed by atoms with E-state index in [9.17, 15) is 26.7 Å². The number of benzene rings is 1. The average molecular weight is 585 g/mol. The second-order valence-electron chi connectivity index (χ2n) is 10.6. The lowest BCUT2D eigenvalue weighted by atomic mass is 10.0. The van der Waals surface area contributed by atoms with Gasteiger partial charge in [0.25, 0.3) is 0 Å². The molecule has 3 aliphatic rings. The highest BCUT2D eigenvalue weighted by Crippen LogP contribution is 2.44. The van der Waals surface area contributed by atoms with Crippen LogP contribution in [0.25, 0.3) is 11.1 Å². The molecule has 3 fully saturated rings. The molecule has 1 N–H and O–H groups in total. The van der Waals surface area contributed by atoms with Crippen LogP contribution in [0.2, 0.25) is 0 Å². The summed E-state index contributed by atoms with van der Waals surface area (Å²) in [4.78, 5) is 20.6. The van der Waals surface area contributed by atoms with Gasteiger partial charge in [-0.3, -0.25) is 0 Å². The molecule has 1 aromatic heterocycles. The summed E-state index contributed by atoms with van der Waals surface area (Å²) in [5.74, 6) is -6.30. The molecule has 224 valence electrons. The van der Waals surface area contributed by atoms with Crippen molar-refractivity contribution < 1.29 is 41.0 Å². The number of morpholine rings is 1. The van der Waals surface area contributed by atoms with Crippen LogP contribution >= 0.6 is 0 Å². The number of nitrogens with one attached hydrogen (secondary N) is 1. The van der Waals surface area contributed by atoms with Gasteiger partial charge in [0.1, 0.15) is 11.8 Å². The molecule has 2 aromatic rings. The van der Waals surface area contributed by atoms with Crippen LogP contribution in [0.5, 0.6) is 5.88 Å². The number of alkyl halides is 5. The predicted octanol–water partition coefficient (Wildman–Crippen LogP) is 5.50. The van der Waals surface area contributed by atoms with Crippen molar-refractivity contribution in [2.45, 2.75) is 44.4 Å². The van der Waals surface area contributed by atoms with Crippen LogP contribution in [-0.4, -0.2) is 86.7 Å². The smallest absolute Gasteiger partial charge is 0.453 e. The number of rotatable bonds is 6. The van der Waals surface area contributed by atoms with Gasteiger partial charge in [-0.05, 0) is 42.7 Å². The second-order valence-corrected chi connectivity index (χ2v) is 10.6. The molecule has 0 spiro atoms. The fourth-order valence-corrected chi connectivity index (χ4v) is 5.35. The molecule has 4 heterocycles. The minimum atomic E-state index is -5.66. The molecule has 1 atom stereocenters. The molecule has 0 aliphatic carbocycles. The summed E-state index contributed by atoms with van der Waals surface area (Å²) in [6, 6.07) is 6.46. The molecule has 0 bridgehead atoms. The van der Waals surface area contributed by atoms with E-state index in [1.54, 1.807) is 24.4 Å². The van der Waals surface area contributed by atoms with E-state index in [1.807, 2.05) is 13.0 Å². The maximum Gasteiger partial charge on any atom is 0.453 e. The summed E-state index contributed by atoms with van der Waals surface area (Å²) in [6.07, 6.45) is -2.83. The zero-order valence-electron chi connectivity index (χ0n) is 22.7. The van der Waals surface area contributed by atoms with Crippen LogP contribution in [0, 0.1) is 12.8 Å². The Hall–Kier alpha value is -3.19. The van der Waals surface area contributed by atoms with Crippen molar-refractivity contribution >= 4 is 17.4 Å². The van der Waals surface area contributed by atoms with Crippen molar-refractivity contribution in [3.8, 4) is 17.0 Å². The number of likely N-dealkylation sites (tertiary alicyclic amines) is 1. The maximum atomic E-state index is 13.8. The molecule has 41 heavy (non-hydrogen) atoms. The first-order valence-electron chi connectivity index (χ1n) is 13.7. The van der Waals surface area contributed by atoms with Gasteiger partial charge in [0.15, 0.2) is 0 Å². The summed E-state index contributed by atoms with van der Waals surface area (Å²) in [5.41, 5.74) is 3.69. The van der Waals surface area contributed by atoms with Crippen molar-refractivity contribution in [2.75, 3.05) is 62.8 Å². The van der Waals surface area contributed by atoms with E-state index in [1.165, 1.54) is 0 Å². The molecule has 1 unspecified atom stereocenters. The third kappa shape index (κ3) is 6.50. The zero-order valence-corrected chi connectivity index (χ0v) is 22.7. The van der Waals surface area contributed by atoms with E-state index in [4.69, 9.17) is 14.2 Å². The molecule has 5 rings (SSSR count). The van der Waals surface area contributed by atoms with Gasteiger partial charge in [-0.15, -0.1) is 0 Å². The number of carbonyl (C=O) groups is 1. The van der Waals surface area contributed by atoms with Gasteiger partial charge >= 0.3 is 18.1 Å². The van der Waals surface area contributed by atoms with E-state index >= 15 is 0 Å². The van der Waals surface area contributed by atoms with Crippen molar-refractivity contribution in [2.24, 2.45) is 5.92 Å². The topological polar surface area (TPSA) is 76.2 Å². The Labute approximate surface area is 234 Å². The number of amides is 2. The normalized spacial score (nSPS) is 20.8. The Morgan fingerprint density at radius 2 is 1.71 bits per heavy atom. The number of anilines is 2. The van der Waals surface area contributed by atoms with E-state index in [0.29, 0.717) is 51.1 Å². The van der Waals surface area contributed by atoms with Gasteiger partial charge < -0.3 is 29.3 Å². The summed E-state index contributed by atoms with van der Waals surface area (Å²) in [6.45, 7) is 4.81. The average Bonchev–Trinajstić information content (AvgIpc) is 3.46. The molecule has 3 aliphatic heterocycles. The number of aryl methyl sites for hydroxylation is 1. The molecule has 8 nitrogen and oxygen atoms in total. The van der Waals surface area contributed by atoms with E-state index in [0.717, 1.165) is 40.1 Å². The Morgan fingerprint density at radius 3 is 2.41 bits per heavy atom. The van der Waals surface area contributed by atoms with Gasteiger partial charge in [-0.1, -0.05) is 6.07 Å². The van der Waals surface area contributed by atoms with Gasteiger partial charge in [-0.2, -0.15) is 22.0 Å². The maximum absolute atomic E-state index is 13.8. The number of nitrogens with zero attached hydrogens (tertiary/aromatic N) is 3. The Balaban J connectivity index is 1.34. The van der Waals surface area contributed by atoms with Crippen LogP contribution < -0.4 is 15.0 Å². The summed E-state index contributed by atoms with van der Waals surface area (Å²) >= 11 is 0. The highest BCUT2D eigenvalue weighted by atomic mass is 19.4. The van der Waals surface area contributed by atoms with E-state index < -0.39 is 37.0 Å². The van der Waals surface area contributed by atoms with Gasteiger partial charge in [-0.25, -0.2) is 9.78 Å². The lowest BCUT2D eigenvalue weighted by molar-refractivity contribution is -0.300. The molecule has 13 heteroatoms. The van der Waals surface area contributed by atoms with Crippen LogP contribution in [0.4, 0.5) is 38.1 Å². The predicted molar refractivity (Wildman–Crippen MR) is 142 cm³/mol. The number of urea groups is 1. The molecule has 0 radical (unpaired) electrons. The van der Waals surface area contributed by atoms with Gasteiger partial charge in [0, 0.05) is 56.5 Å². The second kappa shape index (κ2) is 12.0. The van der Waals surface area contributed by atoms with Gasteiger partial charge in [0.05, 0.1) is 32.3 Å². The number of carbonyl (C=O) groups excluding carboxylic acids is 1. The monoisotopic (exact) mass is 584 g/mol. The summed E-state index contributed by atoms with van der Waals surface area (Å²) in [7, 11) is 0. The fourth-order valence-electron chi connectivity index (χ4n) is 5.35. The Bertz CT molecular complexity index is 1230. The third-order valence-electron chi connectivity index (χ3n) is 7.80. The van der Waals surface area contributed by atoms with Crippen molar-refractivity contribution in [1.29, 1.82) is 0 Å². The van der Waals surface area contributed by atoms with Crippen LogP contribution in [0.1, 0.15) is 24.8 Å². The van der Waals surface area contributed by atoms with E-state index in [2.05, 4.69) is 15.2 Å². The van der Waals surface area contributed by atoms with Crippen molar-refractivity contribution in [3.05, 3.63) is 36.0 Å². The lowest BCUT2D eigenvalue weighted by Crippen LogP contribution is -2.45. The number of aromatic nitrogens is 1. The minimum absolute atomic E-state index is 0.00318. The molecule has 0 saturated carbocycles. The molecule has 3 saturated heterocycles. The highest BCUT2D eigenvalue weighted by Gasteiger charge is 2.63. The number of halogens is 5. The minimum Gasteiger partial charge on any atom is -0.473 e. The first kappa shape index (κ1) is 29.3. The quantitative estimate of drug-likeness (QED) is 0.452. The molecular formula is C28H33F5N4O4. The SMILES string of the molecule is Cc1ccc(NC(=O)N2CCC(C(F)(F)C(F)(F)F)C2)cc1-c1cnc(OC2CCOCC2)c(N2CCOCC2)c1. The molecular weight excluding hydrogens is 551 g/mol. The third-order valence-corrected chi connectivity index (χ3v) is 7.80. The first-order valence-corrected chi connectivity index (χ1v) is 13.7. The van der Waals surface area contributed by atoms with E-state index in [-0.39, 0.29) is 12.6 Å². The van der Waals surface area contributed by atoms with Crippen LogP contribution in [-0.2, 0) is 9.47 Å². The molecule has 1 aromatic carbocycles. The van der Waals surface area contributed by atoms with Crippen LogP contribution in [0.15, 0.2) is 30.5 Å². The summed E-state index contributed by atoms with van der Waals surface area (Å²) < 4.78 is 83.2. The van der Waals surface area contributed by atoms with Crippen molar-refractivity contribution in [1.82, 2.24) is 9.88 Å². The molecule has 2 amide bonds. The summed E-state index contributed by atoms with van der Waals surface area (Å²) in [5, 5.41) is 2.65. The number of pyridine rings is 1. The van der Waals surface area contributed by atoms with Crippen LogP contribution in [0.3, 0.4) is 0 Å². The Kier molecular flexibility index (Phi) is 8.55. The number of hydrogen-bond donors (Lipinski definition) is 1. The number of hydrogen-bond acceptors (Lipinski definition) is 6. The number of ether oxygens (including phenoxy) is 3. The fraction of sp³-hybridized carbons (Fsp3) is 0.571. The zero-order chi connectivity index (χ0) is 29.2. The first-order chi connectivity index (χ1) is 19.5. The Morgan fingerprint density at radius 1 is 1.00 bits per heavy atom. The largest absolute Gasteiger partial charge is 0.473 e. The van der Waals surface area contributed by atoms with Gasteiger partial charge in [0.2, 0.25) is 5.88 Å².